The molecule has 26 heavy (non-hydrogen) atoms. The van der Waals surface area contributed by atoms with E-state index in [1.807, 2.05) is 0 Å². The van der Waals surface area contributed by atoms with Gasteiger partial charge in [-0.1, -0.05) is 25.1 Å². The van der Waals surface area contributed by atoms with Crippen molar-refractivity contribution in [3.05, 3.63) is 42.5 Å². The summed E-state index contributed by atoms with van der Waals surface area (Å²) in [6.07, 6.45) is 0. The molecule has 0 fully saturated rings. The van der Waals surface area contributed by atoms with Crippen molar-refractivity contribution in [2.75, 3.05) is 5.75 Å². The Labute approximate surface area is 151 Å². The summed E-state index contributed by atoms with van der Waals surface area (Å²) in [6, 6.07) is 11.0. The number of hydrogen-bond donors (Lipinski definition) is 1. The summed E-state index contributed by atoms with van der Waals surface area (Å²) in [7, 11) is -1.20. The van der Waals surface area contributed by atoms with E-state index >= 15 is 0 Å². The molecule has 1 heterocycles. The Kier molecular flexibility index (Phi) is 5.15. The van der Waals surface area contributed by atoms with Gasteiger partial charge in [0.1, 0.15) is 11.6 Å². The fourth-order valence-electron chi connectivity index (χ4n) is 2.32. The van der Waals surface area contributed by atoms with E-state index in [0.717, 1.165) is 0 Å². The maximum absolute atomic E-state index is 12.4. The number of halogens is 3. The summed E-state index contributed by atoms with van der Waals surface area (Å²) in [5.41, 5.74) is -3.42. The van der Waals surface area contributed by atoms with Crippen LogP contribution in [0.25, 0.3) is 22.4 Å². The molecule has 0 saturated carbocycles. The summed E-state index contributed by atoms with van der Waals surface area (Å²) in [6.45, 7) is 1.80. The lowest BCUT2D eigenvalue weighted by Gasteiger charge is -2.06. The maximum atomic E-state index is 12.4. The molecule has 0 saturated heterocycles. The van der Waals surface area contributed by atoms with Gasteiger partial charge in [-0.05, 0) is 18.2 Å². The molecule has 3 rings (SSSR count). The number of aromatic amines is 1. The van der Waals surface area contributed by atoms with E-state index in [1.54, 1.807) is 31.2 Å². The zero-order chi connectivity index (χ0) is 18.9. The predicted molar refractivity (Wildman–Crippen MR) is 93.3 cm³/mol. The Hall–Kier alpha value is -2.20. The van der Waals surface area contributed by atoms with E-state index in [4.69, 9.17) is 0 Å². The van der Waals surface area contributed by atoms with Crippen LogP contribution in [-0.4, -0.2) is 29.6 Å². The van der Waals surface area contributed by atoms with Crippen LogP contribution < -0.4 is 4.18 Å². The van der Waals surface area contributed by atoms with Crippen LogP contribution in [0.5, 0.6) is 5.75 Å². The molecular formula is C16H13F3N2O3S2. The monoisotopic (exact) mass is 402 g/mol. The van der Waals surface area contributed by atoms with Crippen molar-refractivity contribution in [3.8, 4) is 17.1 Å². The number of benzene rings is 2. The molecule has 0 aliphatic heterocycles. The highest BCUT2D eigenvalue weighted by Crippen LogP contribution is 2.29. The smallest absolute Gasteiger partial charge is 0.394 e. The van der Waals surface area contributed by atoms with Gasteiger partial charge < -0.3 is 9.17 Å². The average Bonchev–Trinajstić information content (AvgIpc) is 3.03. The van der Waals surface area contributed by atoms with Gasteiger partial charge in [-0.25, -0.2) is 9.19 Å². The lowest BCUT2D eigenvalue weighted by molar-refractivity contribution is -0.0437. The summed E-state index contributed by atoms with van der Waals surface area (Å²) in [5, 5.41) is 0. The number of imidazole rings is 1. The van der Waals surface area contributed by atoms with E-state index < -0.39 is 27.4 Å². The van der Waals surface area contributed by atoms with Gasteiger partial charge in [0.2, 0.25) is 0 Å². The van der Waals surface area contributed by atoms with Gasteiger partial charge >= 0.3 is 16.6 Å². The molecule has 2 atom stereocenters. The molecule has 3 aromatic rings. The Balaban J connectivity index is 1.99. The van der Waals surface area contributed by atoms with E-state index in [9.17, 15) is 21.6 Å². The number of fused-ring (bicyclic) bond motifs is 1. The second-order valence-corrected chi connectivity index (χ2v) is 7.97. The molecule has 10 heteroatoms. The van der Waals surface area contributed by atoms with Crippen molar-refractivity contribution >= 4 is 32.9 Å². The van der Waals surface area contributed by atoms with Crippen molar-refractivity contribution < 1.29 is 25.8 Å². The molecule has 5 nitrogen and oxygen atoms in total. The summed E-state index contributed by atoms with van der Waals surface area (Å²) >= 11 is -3.45. The van der Waals surface area contributed by atoms with Crippen LogP contribution in [0.1, 0.15) is 6.92 Å². The van der Waals surface area contributed by atoms with Crippen LogP contribution in [0.4, 0.5) is 13.2 Å². The third kappa shape index (κ3) is 3.80. The number of alkyl halides is 3. The van der Waals surface area contributed by atoms with E-state index in [2.05, 4.69) is 14.2 Å². The molecular weight excluding hydrogens is 389 g/mol. The molecule has 0 amide bonds. The van der Waals surface area contributed by atoms with Gasteiger partial charge in [-0.3, -0.25) is 4.21 Å². The molecule has 0 bridgehead atoms. The Morgan fingerprint density at radius 2 is 1.88 bits per heavy atom. The van der Waals surface area contributed by atoms with Crippen LogP contribution in [0.15, 0.2) is 47.4 Å². The standard InChI is InChI=1S/C16H13F3N2O3S2/c1-2-25(22)14-6-4-3-5-11(14)15-20-12-8-7-10(9-13(12)21-15)24-26(23)16(17,18)19/h3-9H,2H2,1H3,(H,20,21). The second-order valence-electron chi connectivity index (χ2n) is 5.16. The zero-order valence-electron chi connectivity index (χ0n) is 13.4. The lowest BCUT2D eigenvalue weighted by Crippen LogP contribution is -2.20. The molecule has 2 aromatic carbocycles. The first-order chi connectivity index (χ1) is 12.3. The lowest BCUT2D eigenvalue weighted by atomic mass is 10.2. The molecule has 0 aliphatic carbocycles. The molecule has 0 radical (unpaired) electrons. The number of H-pyrrole nitrogens is 1. The van der Waals surface area contributed by atoms with E-state index in [1.165, 1.54) is 18.2 Å². The van der Waals surface area contributed by atoms with Crippen LogP contribution in [0, 0.1) is 0 Å². The van der Waals surface area contributed by atoms with Gasteiger partial charge in [0.05, 0.1) is 21.8 Å². The third-order valence-corrected chi connectivity index (χ3v) is 5.56. The van der Waals surface area contributed by atoms with E-state index in [0.29, 0.717) is 33.1 Å². The number of hydrogen-bond acceptors (Lipinski definition) is 4. The van der Waals surface area contributed by atoms with Crippen molar-refractivity contribution in [3.63, 3.8) is 0 Å². The van der Waals surface area contributed by atoms with Gasteiger partial charge in [0.25, 0.3) is 0 Å². The first-order valence-corrected chi connectivity index (χ1v) is 9.83. The normalized spacial score (nSPS) is 14.3. The van der Waals surface area contributed by atoms with Crippen LogP contribution in [0.2, 0.25) is 0 Å². The third-order valence-electron chi connectivity index (χ3n) is 3.46. The summed E-state index contributed by atoms with van der Waals surface area (Å²) < 4.78 is 64.7. The maximum Gasteiger partial charge on any atom is 0.508 e. The SMILES string of the molecule is CCS(=O)c1ccccc1-c1nc2ccc(OS(=O)C(F)(F)F)cc2[nH]1. The van der Waals surface area contributed by atoms with Crippen molar-refractivity contribution in [1.82, 2.24) is 9.97 Å². The molecule has 1 N–H and O–H groups in total. The van der Waals surface area contributed by atoms with Crippen LogP contribution in [0.3, 0.4) is 0 Å². The highest BCUT2D eigenvalue weighted by atomic mass is 32.2. The average molecular weight is 402 g/mol. The molecule has 0 aliphatic rings. The van der Waals surface area contributed by atoms with Gasteiger partial charge in [0, 0.05) is 22.3 Å². The van der Waals surface area contributed by atoms with Crippen molar-refractivity contribution in [2.45, 2.75) is 17.3 Å². The predicted octanol–water partition coefficient (Wildman–Crippen LogP) is 3.92. The van der Waals surface area contributed by atoms with Gasteiger partial charge in [0.15, 0.2) is 0 Å². The molecule has 2 unspecified atom stereocenters. The van der Waals surface area contributed by atoms with Crippen LogP contribution >= 0.6 is 0 Å². The minimum absolute atomic E-state index is 0.200. The first kappa shape index (κ1) is 18.6. The Morgan fingerprint density at radius 1 is 1.15 bits per heavy atom. The number of aromatic nitrogens is 2. The molecule has 138 valence electrons. The molecule has 1 aromatic heterocycles. The topological polar surface area (TPSA) is 72.0 Å². The second kappa shape index (κ2) is 7.20. The fourth-order valence-corrected chi connectivity index (χ4v) is 3.64. The number of rotatable bonds is 5. The van der Waals surface area contributed by atoms with Gasteiger partial charge in [-0.15, -0.1) is 0 Å². The highest BCUT2D eigenvalue weighted by Gasteiger charge is 2.40. The Bertz CT molecular complexity index is 1000. The zero-order valence-corrected chi connectivity index (χ0v) is 15.0. The number of nitrogens with zero attached hydrogens (tertiary/aromatic N) is 1. The highest BCUT2D eigenvalue weighted by molar-refractivity contribution is 7.85. The largest absolute Gasteiger partial charge is 0.508 e. The first-order valence-electron chi connectivity index (χ1n) is 7.44. The Morgan fingerprint density at radius 3 is 2.58 bits per heavy atom. The van der Waals surface area contributed by atoms with Crippen LogP contribution in [-0.2, 0) is 21.9 Å². The van der Waals surface area contributed by atoms with Crippen molar-refractivity contribution in [2.24, 2.45) is 0 Å². The molecule has 0 spiro atoms. The summed E-state index contributed by atoms with van der Waals surface area (Å²) in [5.74, 6) is 0.679. The minimum Gasteiger partial charge on any atom is -0.394 e. The van der Waals surface area contributed by atoms with E-state index in [-0.39, 0.29) is 5.75 Å². The van der Waals surface area contributed by atoms with Gasteiger partial charge in [-0.2, -0.15) is 13.2 Å². The fraction of sp³-hybridized carbons (Fsp3) is 0.188. The number of nitrogens with one attached hydrogen (secondary N) is 1. The van der Waals surface area contributed by atoms with Crippen molar-refractivity contribution in [1.29, 1.82) is 0 Å². The summed E-state index contributed by atoms with van der Waals surface area (Å²) in [4.78, 5) is 7.98. The quantitative estimate of drug-likeness (QED) is 0.702. The minimum atomic E-state index is -4.96.